The highest BCUT2D eigenvalue weighted by atomic mass is 35.5. The maximum Gasteiger partial charge on any atom is 0.431 e. The quantitative estimate of drug-likeness (QED) is 0.392. The molecule has 15 heteroatoms. The summed E-state index contributed by atoms with van der Waals surface area (Å²) in [6, 6.07) is 4.33. The smallest absolute Gasteiger partial charge is 0.431 e. The summed E-state index contributed by atoms with van der Waals surface area (Å²) in [5.74, 6) is -3.04. The third-order valence-corrected chi connectivity index (χ3v) is 6.07. The van der Waals surface area contributed by atoms with Crippen molar-refractivity contribution in [3.63, 3.8) is 0 Å². The van der Waals surface area contributed by atoms with Crippen LogP contribution in [0.1, 0.15) is 18.2 Å². The zero-order valence-corrected chi connectivity index (χ0v) is 20.9. The summed E-state index contributed by atoms with van der Waals surface area (Å²) in [4.78, 5) is 35.9. The van der Waals surface area contributed by atoms with Gasteiger partial charge < -0.3 is 19.4 Å². The van der Waals surface area contributed by atoms with Crippen molar-refractivity contribution in [3.8, 4) is 17.2 Å². The second-order valence-electron chi connectivity index (χ2n) is 7.48. The SMILES string of the molecule is CC(Oc1ccc(Cl)c(COc2cc(-n3c(=O)cc(C(F)(F)F)n(C)c3=O)c(F)cc2Cl)c1Cl)C(=O)[O-]. The number of alkyl halides is 3. The molecule has 0 saturated heterocycles. The summed E-state index contributed by atoms with van der Waals surface area (Å²) in [6.45, 7) is 0.781. The van der Waals surface area contributed by atoms with E-state index in [4.69, 9.17) is 44.3 Å². The van der Waals surface area contributed by atoms with E-state index in [1.165, 1.54) is 19.1 Å². The molecule has 0 amide bonds. The summed E-state index contributed by atoms with van der Waals surface area (Å²) in [7, 11) is 0.771. The fraction of sp³-hybridized carbons (Fsp3) is 0.227. The Labute approximate surface area is 220 Å². The molecule has 1 atom stereocenters. The summed E-state index contributed by atoms with van der Waals surface area (Å²) in [5, 5.41) is 10.6. The van der Waals surface area contributed by atoms with Crippen LogP contribution in [0.25, 0.3) is 5.69 Å². The molecule has 8 nitrogen and oxygen atoms in total. The lowest BCUT2D eigenvalue weighted by molar-refractivity contribution is -0.312. The molecule has 1 heterocycles. The highest BCUT2D eigenvalue weighted by molar-refractivity contribution is 6.37. The van der Waals surface area contributed by atoms with Gasteiger partial charge in [-0.15, -0.1) is 0 Å². The van der Waals surface area contributed by atoms with Crippen molar-refractivity contribution in [1.82, 2.24) is 9.13 Å². The highest BCUT2D eigenvalue weighted by Crippen LogP contribution is 2.36. The van der Waals surface area contributed by atoms with Crippen LogP contribution in [0.2, 0.25) is 15.1 Å². The number of ether oxygens (including phenoxy) is 2. The van der Waals surface area contributed by atoms with E-state index in [-0.39, 0.29) is 47.3 Å². The maximum absolute atomic E-state index is 14.7. The predicted octanol–water partition coefficient (Wildman–Crippen LogP) is 3.75. The number of aromatic nitrogens is 2. The van der Waals surface area contributed by atoms with E-state index in [9.17, 15) is 37.1 Å². The Hall–Kier alpha value is -3.22. The predicted molar refractivity (Wildman–Crippen MR) is 123 cm³/mol. The fourth-order valence-electron chi connectivity index (χ4n) is 3.11. The van der Waals surface area contributed by atoms with E-state index >= 15 is 0 Å². The maximum atomic E-state index is 14.7. The van der Waals surface area contributed by atoms with Crippen molar-refractivity contribution in [3.05, 3.63) is 83.3 Å². The van der Waals surface area contributed by atoms with Crippen molar-refractivity contribution in [2.45, 2.75) is 25.8 Å². The van der Waals surface area contributed by atoms with Crippen LogP contribution < -0.4 is 25.8 Å². The highest BCUT2D eigenvalue weighted by Gasteiger charge is 2.35. The number of halogens is 7. The second kappa shape index (κ2) is 10.6. The lowest BCUT2D eigenvalue weighted by atomic mass is 10.2. The van der Waals surface area contributed by atoms with Crippen LogP contribution in [-0.4, -0.2) is 21.2 Å². The number of hydrogen-bond donors (Lipinski definition) is 0. The number of carbonyl (C=O) groups excluding carboxylic acids is 1. The normalized spacial score (nSPS) is 12.4. The number of hydrogen-bond acceptors (Lipinski definition) is 6. The molecular weight excluding hydrogens is 571 g/mol. The molecule has 0 bridgehead atoms. The molecule has 0 aliphatic carbocycles. The number of carboxylic acids is 1. The van der Waals surface area contributed by atoms with Gasteiger partial charge >= 0.3 is 11.9 Å². The molecule has 198 valence electrons. The van der Waals surface area contributed by atoms with Gasteiger partial charge in [-0.1, -0.05) is 34.8 Å². The molecule has 0 spiro atoms. The Kier molecular flexibility index (Phi) is 8.15. The van der Waals surface area contributed by atoms with Gasteiger partial charge in [-0.2, -0.15) is 13.2 Å². The van der Waals surface area contributed by atoms with Crippen LogP contribution in [0.5, 0.6) is 11.5 Å². The molecule has 1 unspecified atom stereocenters. The largest absolute Gasteiger partial charge is 0.546 e. The van der Waals surface area contributed by atoms with Crippen LogP contribution >= 0.6 is 34.8 Å². The summed E-state index contributed by atoms with van der Waals surface area (Å²) >= 11 is 18.4. The van der Waals surface area contributed by atoms with Gasteiger partial charge in [-0.3, -0.25) is 9.36 Å². The monoisotopic (exact) mass is 583 g/mol. The molecular formula is C22H14Cl3F4N2O6-. The van der Waals surface area contributed by atoms with Crippen LogP contribution in [0.15, 0.2) is 39.9 Å². The molecule has 0 fully saturated rings. The van der Waals surface area contributed by atoms with Crippen molar-refractivity contribution in [2.75, 3.05) is 0 Å². The Morgan fingerprint density at radius 2 is 1.73 bits per heavy atom. The zero-order chi connectivity index (χ0) is 27.8. The lowest BCUT2D eigenvalue weighted by Gasteiger charge is -2.19. The number of benzene rings is 2. The molecule has 0 aliphatic rings. The molecule has 3 aromatic rings. The Morgan fingerprint density at radius 1 is 1.08 bits per heavy atom. The Morgan fingerprint density at radius 3 is 2.32 bits per heavy atom. The third-order valence-electron chi connectivity index (χ3n) is 5.01. The average Bonchev–Trinajstić information content (AvgIpc) is 2.79. The zero-order valence-electron chi connectivity index (χ0n) is 18.7. The second-order valence-corrected chi connectivity index (χ2v) is 8.67. The van der Waals surface area contributed by atoms with Gasteiger partial charge in [0.2, 0.25) is 0 Å². The van der Waals surface area contributed by atoms with Gasteiger partial charge in [0.15, 0.2) is 0 Å². The number of carboxylic acid groups (broad SMARTS) is 1. The topological polar surface area (TPSA) is 103 Å². The van der Waals surface area contributed by atoms with Crippen LogP contribution in [-0.2, 0) is 24.6 Å². The molecule has 3 rings (SSSR count). The van der Waals surface area contributed by atoms with Gasteiger partial charge in [0.1, 0.15) is 35.7 Å². The minimum atomic E-state index is -5.01. The van der Waals surface area contributed by atoms with E-state index in [1.807, 2.05) is 0 Å². The average molecular weight is 585 g/mol. The van der Waals surface area contributed by atoms with Gasteiger partial charge in [0.25, 0.3) is 5.56 Å². The van der Waals surface area contributed by atoms with Crippen LogP contribution in [0, 0.1) is 5.82 Å². The van der Waals surface area contributed by atoms with E-state index in [2.05, 4.69) is 0 Å². The minimum absolute atomic E-state index is 0.0629. The molecule has 37 heavy (non-hydrogen) atoms. The van der Waals surface area contributed by atoms with Crippen molar-refractivity contribution in [1.29, 1.82) is 0 Å². The lowest BCUT2D eigenvalue weighted by Crippen LogP contribution is -2.41. The minimum Gasteiger partial charge on any atom is -0.546 e. The molecule has 0 saturated carbocycles. The number of aliphatic carboxylic acids is 1. The number of rotatable bonds is 7. The van der Waals surface area contributed by atoms with E-state index in [1.54, 1.807) is 0 Å². The standard InChI is InChI=1S/C22H15Cl3F4N2O6/c1-9(20(33)34)37-15-4-3-11(23)10(19(15)25)8-36-16-6-14(13(26)5-12(16)24)31-18(32)7-17(22(27,28)29)30(2)21(31)35/h3-7,9H,8H2,1-2H3,(H,33,34)/p-1. The summed E-state index contributed by atoms with van der Waals surface area (Å²) in [5.41, 5.74) is -5.05. The first-order chi connectivity index (χ1) is 17.1. The summed E-state index contributed by atoms with van der Waals surface area (Å²) < 4.78 is 65.1. The number of nitrogens with zero attached hydrogens (tertiary/aromatic N) is 2. The third kappa shape index (κ3) is 5.86. The molecule has 0 N–H and O–H groups in total. The van der Waals surface area contributed by atoms with Crippen LogP contribution in [0.3, 0.4) is 0 Å². The van der Waals surface area contributed by atoms with Gasteiger partial charge in [-0.25, -0.2) is 13.8 Å². The van der Waals surface area contributed by atoms with Gasteiger partial charge in [-0.05, 0) is 25.1 Å². The summed E-state index contributed by atoms with van der Waals surface area (Å²) in [6.07, 6.45) is -6.36. The van der Waals surface area contributed by atoms with Crippen molar-refractivity contribution in [2.24, 2.45) is 7.05 Å². The molecule has 2 aromatic carbocycles. The molecule has 0 aliphatic heterocycles. The van der Waals surface area contributed by atoms with Gasteiger partial charge in [0, 0.05) is 29.8 Å². The Bertz CT molecular complexity index is 1500. The van der Waals surface area contributed by atoms with E-state index < -0.39 is 53.3 Å². The first-order valence-electron chi connectivity index (χ1n) is 10.00. The first kappa shape index (κ1) is 28.4. The fourth-order valence-corrected chi connectivity index (χ4v) is 3.84. The molecule has 0 radical (unpaired) electrons. The Balaban J connectivity index is 2.02. The van der Waals surface area contributed by atoms with E-state index in [0.29, 0.717) is 6.07 Å². The van der Waals surface area contributed by atoms with Crippen molar-refractivity contribution < 1.29 is 36.9 Å². The van der Waals surface area contributed by atoms with Gasteiger partial charge in [0.05, 0.1) is 21.7 Å². The first-order valence-corrected chi connectivity index (χ1v) is 11.1. The van der Waals surface area contributed by atoms with Crippen LogP contribution in [0.4, 0.5) is 17.6 Å². The van der Waals surface area contributed by atoms with E-state index in [0.717, 1.165) is 13.1 Å². The molecule has 1 aromatic heterocycles. The van der Waals surface area contributed by atoms with Crippen molar-refractivity contribution >= 4 is 40.8 Å². The number of carbonyl (C=O) groups is 1.